The second-order valence-electron chi connectivity index (χ2n) is 6.00. The fourth-order valence-electron chi connectivity index (χ4n) is 2.63. The van der Waals surface area contributed by atoms with Gasteiger partial charge in [0.1, 0.15) is 5.75 Å². The van der Waals surface area contributed by atoms with Crippen LogP contribution in [0.3, 0.4) is 0 Å². The van der Waals surface area contributed by atoms with Gasteiger partial charge in [-0.1, -0.05) is 53.2 Å². The molecule has 3 aromatic rings. The SMILES string of the molecule is COc1ccccc1-c1nnc(SCC(=O)NCCc2ccc(Cl)cc2Cl)n1N. The number of hydrogen-bond acceptors (Lipinski definition) is 6. The summed E-state index contributed by atoms with van der Waals surface area (Å²) in [5.41, 5.74) is 1.65. The van der Waals surface area contributed by atoms with E-state index in [2.05, 4.69) is 15.5 Å². The number of carbonyl (C=O) groups is 1. The summed E-state index contributed by atoms with van der Waals surface area (Å²) in [6.45, 7) is 0.461. The van der Waals surface area contributed by atoms with E-state index in [0.717, 1.165) is 11.1 Å². The molecule has 0 unspecified atom stereocenters. The summed E-state index contributed by atoms with van der Waals surface area (Å²) in [6, 6.07) is 12.7. The summed E-state index contributed by atoms with van der Waals surface area (Å²) in [4.78, 5) is 12.1. The number of rotatable bonds is 8. The van der Waals surface area contributed by atoms with E-state index in [4.69, 9.17) is 33.8 Å². The highest BCUT2D eigenvalue weighted by molar-refractivity contribution is 7.99. The maximum atomic E-state index is 12.1. The van der Waals surface area contributed by atoms with Crippen LogP contribution < -0.4 is 15.9 Å². The molecule has 0 bridgehead atoms. The lowest BCUT2D eigenvalue weighted by Gasteiger charge is -2.08. The fourth-order valence-corrected chi connectivity index (χ4v) is 3.82. The number of nitrogens with two attached hydrogens (primary N) is 1. The molecule has 0 fully saturated rings. The lowest BCUT2D eigenvalue weighted by molar-refractivity contribution is -0.118. The quantitative estimate of drug-likeness (QED) is 0.402. The number of ether oxygens (including phenoxy) is 1. The Bertz CT molecular complexity index is 1010. The van der Waals surface area contributed by atoms with Gasteiger partial charge in [-0.2, -0.15) is 0 Å². The van der Waals surface area contributed by atoms with Gasteiger partial charge >= 0.3 is 0 Å². The molecule has 0 saturated carbocycles. The molecule has 0 saturated heterocycles. The van der Waals surface area contributed by atoms with Crippen molar-refractivity contribution in [2.45, 2.75) is 11.6 Å². The van der Waals surface area contributed by atoms with Gasteiger partial charge in [-0.3, -0.25) is 4.79 Å². The van der Waals surface area contributed by atoms with Gasteiger partial charge in [-0.25, -0.2) is 4.68 Å². The van der Waals surface area contributed by atoms with Crippen molar-refractivity contribution in [3.8, 4) is 17.1 Å². The van der Waals surface area contributed by atoms with Crippen LogP contribution in [0.5, 0.6) is 5.75 Å². The number of benzene rings is 2. The predicted octanol–water partition coefficient (Wildman–Crippen LogP) is 3.43. The molecule has 0 aliphatic rings. The van der Waals surface area contributed by atoms with Crippen LogP contribution >= 0.6 is 35.0 Å². The maximum Gasteiger partial charge on any atom is 0.230 e. The third kappa shape index (κ3) is 5.35. The molecule has 29 heavy (non-hydrogen) atoms. The smallest absolute Gasteiger partial charge is 0.230 e. The van der Waals surface area contributed by atoms with Crippen LogP contribution in [0.2, 0.25) is 10.0 Å². The second kappa shape index (κ2) is 9.87. The summed E-state index contributed by atoms with van der Waals surface area (Å²) >= 11 is 13.2. The van der Waals surface area contributed by atoms with E-state index in [0.29, 0.717) is 39.7 Å². The first-order valence-electron chi connectivity index (χ1n) is 8.67. The number of aromatic nitrogens is 3. The zero-order valence-corrected chi connectivity index (χ0v) is 17.9. The summed E-state index contributed by atoms with van der Waals surface area (Å²) in [6.07, 6.45) is 0.609. The van der Waals surface area contributed by atoms with E-state index < -0.39 is 0 Å². The van der Waals surface area contributed by atoms with Crippen molar-refractivity contribution in [2.75, 3.05) is 25.3 Å². The Kier molecular flexibility index (Phi) is 7.24. The molecule has 0 aliphatic carbocycles. The Labute approximate surface area is 182 Å². The third-order valence-corrected chi connectivity index (χ3v) is 5.61. The normalized spacial score (nSPS) is 10.7. The van der Waals surface area contributed by atoms with E-state index in [9.17, 15) is 4.79 Å². The number of para-hydroxylation sites is 1. The van der Waals surface area contributed by atoms with Crippen molar-refractivity contribution in [2.24, 2.45) is 0 Å². The third-order valence-electron chi connectivity index (χ3n) is 4.08. The summed E-state index contributed by atoms with van der Waals surface area (Å²) in [5.74, 6) is 7.23. The number of nitrogens with one attached hydrogen (secondary N) is 1. The van der Waals surface area contributed by atoms with Gasteiger partial charge in [-0.15, -0.1) is 10.2 Å². The van der Waals surface area contributed by atoms with Crippen molar-refractivity contribution in [1.29, 1.82) is 0 Å². The van der Waals surface area contributed by atoms with Gasteiger partial charge in [0.2, 0.25) is 11.1 Å². The van der Waals surface area contributed by atoms with E-state index >= 15 is 0 Å². The molecule has 7 nitrogen and oxygen atoms in total. The number of hydrogen-bond donors (Lipinski definition) is 2. The lowest BCUT2D eigenvalue weighted by Crippen LogP contribution is -2.27. The van der Waals surface area contributed by atoms with Crippen LogP contribution in [0.4, 0.5) is 0 Å². The van der Waals surface area contributed by atoms with Crippen LogP contribution in [0.25, 0.3) is 11.4 Å². The molecule has 0 aliphatic heterocycles. The minimum absolute atomic E-state index is 0.137. The van der Waals surface area contributed by atoms with E-state index in [-0.39, 0.29) is 11.7 Å². The molecule has 1 aromatic heterocycles. The zero-order valence-electron chi connectivity index (χ0n) is 15.6. The summed E-state index contributed by atoms with van der Waals surface area (Å²) < 4.78 is 6.68. The van der Waals surface area contributed by atoms with Crippen molar-refractivity contribution < 1.29 is 9.53 Å². The number of nitrogen functional groups attached to an aromatic ring is 1. The maximum absolute atomic E-state index is 12.1. The minimum atomic E-state index is -0.137. The van der Waals surface area contributed by atoms with Gasteiger partial charge in [0.05, 0.1) is 18.4 Å². The highest BCUT2D eigenvalue weighted by Gasteiger charge is 2.16. The Balaban J connectivity index is 1.53. The van der Waals surface area contributed by atoms with Crippen molar-refractivity contribution in [1.82, 2.24) is 20.2 Å². The first-order chi connectivity index (χ1) is 14.0. The van der Waals surface area contributed by atoms with Gasteiger partial charge < -0.3 is 15.9 Å². The molecule has 0 radical (unpaired) electrons. The zero-order chi connectivity index (χ0) is 20.8. The molecule has 1 heterocycles. The number of amides is 1. The largest absolute Gasteiger partial charge is 0.496 e. The fraction of sp³-hybridized carbons (Fsp3) is 0.211. The van der Waals surface area contributed by atoms with Crippen LogP contribution in [-0.2, 0) is 11.2 Å². The van der Waals surface area contributed by atoms with Crippen LogP contribution in [0.1, 0.15) is 5.56 Å². The molecule has 3 N–H and O–H groups in total. The van der Waals surface area contributed by atoms with Gasteiger partial charge in [-0.05, 0) is 36.2 Å². The van der Waals surface area contributed by atoms with Crippen molar-refractivity contribution in [3.05, 3.63) is 58.1 Å². The predicted molar refractivity (Wildman–Crippen MR) is 116 cm³/mol. The molecule has 1 amide bonds. The van der Waals surface area contributed by atoms with Gasteiger partial charge in [0.25, 0.3) is 0 Å². The van der Waals surface area contributed by atoms with Crippen LogP contribution in [0, 0.1) is 0 Å². The van der Waals surface area contributed by atoms with E-state index in [1.165, 1.54) is 16.4 Å². The monoisotopic (exact) mass is 451 g/mol. The topological polar surface area (TPSA) is 95.1 Å². The molecule has 2 aromatic carbocycles. The standard InChI is InChI=1S/C19H19Cl2N5O2S/c1-28-16-5-3-2-4-14(16)18-24-25-19(26(18)22)29-11-17(27)23-9-8-12-6-7-13(20)10-15(12)21/h2-7,10H,8-9,11,22H2,1H3,(H,23,27). The molecule has 0 atom stereocenters. The molecule has 0 spiro atoms. The summed E-state index contributed by atoms with van der Waals surface area (Å²) in [5, 5.41) is 12.6. The van der Waals surface area contributed by atoms with Crippen LogP contribution in [-0.4, -0.2) is 40.2 Å². The Morgan fingerprint density at radius 3 is 2.79 bits per heavy atom. The number of nitrogens with zero attached hydrogens (tertiary/aromatic N) is 3. The number of carbonyl (C=O) groups excluding carboxylic acids is 1. The molecular formula is C19H19Cl2N5O2S. The first kappa shape index (κ1) is 21.3. The Hall–Kier alpha value is -2.42. The molecular weight excluding hydrogens is 433 g/mol. The Morgan fingerprint density at radius 1 is 1.24 bits per heavy atom. The second-order valence-corrected chi connectivity index (χ2v) is 7.79. The van der Waals surface area contributed by atoms with Gasteiger partial charge in [0, 0.05) is 16.6 Å². The van der Waals surface area contributed by atoms with Gasteiger partial charge in [0.15, 0.2) is 5.82 Å². The average Bonchev–Trinajstić information content (AvgIpc) is 3.08. The first-order valence-corrected chi connectivity index (χ1v) is 10.4. The average molecular weight is 452 g/mol. The highest BCUT2D eigenvalue weighted by Crippen LogP contribution is 2.29. The van der Waals surface area contributed by atoms with Crippen molar-refractivity contribution >= 4 is 40.9 Å². The minimum Gasteiger partial charge on any atom is -0.496 e. The number of halogens is 2. The van der Waals surface area contributed by atoms with Crippen molar-refractivity contribution in [3.63, 3.8) is 0 Å². The molecule has 152 valence electrons. The summed E-state index contributed by atoms with van der Waals surface area (Å²) in [7, 11) is 1.58. The number of thioether (sulfide) groups is 1. The molecule has 3 rings (SSSR count). The lowest BCUT2D eigenvalue weighted by atomic mass is 10.1. The Morgan fingerprint density at radius 2 is 2.03 bits per heavy atom. The highest BCUT2D eigenvalue weighted by atomic mass is 35.5. The van der Waals surface area contributed by atoms with E-state index in [1.54, 1.807) is 19.2 Å². The van der Waals surface area contributed by atoms with Crippen LogP contribution in [0.15, 0.2) is 47.6 Å². The molecule has 10 heteroatoms. The number of methoxy groups -OCH3 is 1. The van der Waals surface area contributed by atoms with E-state index in [1.807, 2.05) is 30.3 Å².